The van der Waals surface area contributed by atoms with Crippen molar-refractivity contribution in [1.29, 1.82) is 0 Å². The highest BCUT2D eigenvalue weighted by atomic mass is 31.1. The summed E-state index contributed by atoms with van der Waals surface area (Å²) in [6.07, 6.45) is 2.79. The second kappa shape index (κ2) is 10.3. The summed E-state index contributed by atoms with van der Waals surface area (Å²) in [5.74, 6) is 1.72. The standard InChI is InChI=1S/C23H34N5O2P/c1-18-23(2,30-22-11-5-19(6-12-22)13-14-28(16-24)17-25)31(18)27(3)26-15-20-7-9-21(29-4)10-8-20/h5-12,15,31H,13-14,16-17,24-25H2,1-4H3/b26-15+. The predicted octanol–water partition coefficient (Wildman–Crippen LogP) is 2.77. The van der Waals surface area contributed by atoms with Crippen molar-refractivity contribution in [2.24, 2.45) is 16.6 Å². The Labute approximate surface area is 186 Å². The highest BCUT2D eigenvalue weighted by molar-refractivity contribution is 7.70. The number of hydrogen-bond acceptors (Lipinski definition) is 7. The lowest BCUT2D eigenvalue weighted by molar-refractivity contribution is 0.259. The van der Waals surface area contributed by atoms with Gasteiger partial charge in [0.25, 0.3) is 0 Å². The Morgan fingerprint density at radius 2 is 1.65 bits per heavy atom. The van der Waals surface area contributed by atoms with Gasteiger partial charge in [0, 0.05) is 34.6 Å². The minimum atomic E-state index is -1.02. The second-order valence-electron chi connectivity index (χ2n) is 7.80. The third kappa shape index (κ3) is 5.69. The van der Waals surface area contributed by atoms with Crippen LogP contribution in [0.15, 0.2) is 53.6 Å². The Morgan fingerprint density at radius 3 is 2.23 bits per heavy atom. The zero-order chi connectivity index (χ0) is 22.4. The van der Waals surface area contributed by atoms with E-state index < -0.39 is 7.70 Å². The van der Waals surface area contributed by atoms with E-state index in [1.165, 1.54) is 10.9 Å². The first-order valence-corrected chi connectivity index (χ1v) is 11.9. The maximum absolute atomic E-state index is 6.39. The third-order valence-electron chi connectivity index (χ3n) is 5.76. The van der Waals surface area contributed by atoms with Crippen LogP contribution in [0.1, 0.15) is 25.0 Å². The lowest BCUT2D eigenvalue weighted by Gasteiger charge is -2.21. The monoisotopic (exact) mass is 443 g/mol. The molecular formula is C23H34N5O2P. The number of hydrazone groups is 1. The van der Waals surface area contributed by atoms with E-state index in [9.17, 15) is 0 Å². The molecule has 4 N–H and O–H groups in total. The van der Waals surface area contributed by atoms with Crippen molar-refractivity contribution in [3.8, 4) is 11.5 Å². The molecule has 0 aliphatic carbocycles. The van der Waals surface area contributed by atoms with Crippen molar-refractivity contribution < 1.29 is 9.47 Å². The van der Waals surface area contributed by atoms with Gasteiger partial charge in [-0.3, -0.25) is 9.68 Å². The molecule has 0 spiro atoms. The fourth-order valence-corrected chi connectivity index (χ4v) is 6.26. The van der Waals surface area contributed by atoms with Gasteiger partial charge in [-0.2, -0.15) is 5.10 Å². The smallest absolute Gasteiger partial charge is 0.163 e. The van der Waals surface area contributed by atoms with Crippen LogP contribution in [-0.2, 0) is 6.42 Å². The molecule has 2 unspecified atom stereocenters. The molecular weight excluding hydrogens is 409 g/mol. The van der Waals surface area contributed by atoms with Gasteiger partial charge in [0.15, 0.2) is 5.34 Å². The van der Waals surface area contributed by atoms with Gasteiger partial charge in [0.2, 0.25) is 0 Å². The number of hydrogen-bond donors (Lipinski definition) is 2. The molecule has 0 aromatic heterocycles. The fourth-order valence-electron chi connectivity index (χ4n) is 3.57. The van der Waals surface area contributed by atoms with Gasteiger partial charge in [-0.25, -0.2) is 0 Å². The van der Waals surface area contributed by atoms with E-state index in [-0.39, 0.29) is 5.34 Å². The number of benzene rings is 2. The minimum Gasteiger partial charge on any atom is -0.497 e. The molecule has 0 saturated carbocycles. The molecule has 31 heavy (non-hydrogen) atoms. The van der Waals surface area contributed by atoms with Crippen molar-refractivity contribution >= 4 is 19.2 Å². The van der Waals surface area contributed by atoms with Crippen LogP contribution >= 0.6 is 7.70 Å². The molecule has 1 aliphatic rings. The van der Waals surface area contributed by atoms with Crippen LogP contribution in [0.2, 0.25) is 0 Å². The van der Waals surface area contributed by atoms with E-state index in [0.29, 0.717) is 13.3 Å². The average Bonchev–Trinajstić information content (AvgIpc) is 3.33. The summed E-state index contributed by atoms with van der Waals surface area (Å²) in [6.45, 7) is 6.12. The van der Waals surface area contributed by atoms with Gasteiger partial charge >= 0.3 is 0 Å². The summed E-state index contributed by atoms with van der Waals surface area (Å²) in [5, 5.41) is 5.76. The van der Waals surface area contributed by atoms with E-state index in [1.807, 2.05) is 54.6 Å². The summed E-state index contributed by atoms with van der Waals surface area (Å²) in [4.78, 5) is 2.00. The largest absolute Gasteiger partial charge is 0.497 e. The molecule has 0 saturated heterocycles. The van der Waals surface area contributed by atoms with Crippen molar-refractivity contribution in [1.82, 2.24) is 9.68 Å². The van der Waals surface area contributed by atoms with E-state index >= 15 is 0 Å². The number of nitrogens with two attached hydrogens (primary N) is 2. The topological polar surface area (TPSA) is 89.3 Å². The van der Waals surface area contributed by atoms with E-state index in [0.717, 1.165) is 30.0 Å². The Kier molecular flexibility index (Phi) is 7.79. The summed E-state index contributed by atoms with van der Waals surface area (Å²) < 4.78 is 13.7. The van der Waals surface area contributed by atoms with Gasteiger partial charge in [0.05, 0.1) is 13.3 Å². The predicted molar refractivity (Wildman–Crippen MR) is 131 cm³/mol. The molecule has 3 rings (SSSR count). The maximum Gasteiger partial charge on any atom is 0.163 e. The molecule has 0 bridgehead atoms. The highest BCUT2D eigenvalue weighted by Crippen LogP contribution is 2.61. The van der Waals surface area contributed by atoms with Crippen molar-refractivity contribution in [2.75, 3.05) is 34.0 Å². The summed E-state index contributed by atoms with van der Waals surface area (Å²) in [7, 11) is 2.67. The third-order valence-corrected chi connectivity index (χ3v) is 8.84. The van der Waals surface area contributed by atoms with Crippen LogP contribution in [0, 0.1) is 0 Å². The molecule has 2 atom stereocenters. The SMILES string of the molecule is COc1ccc(/C=N/N(C)[PH]2=C(C)C2(C)Oc2ccc(CCN(CN)CN)cc2)cc1. The van der Waals surface area contributed by atoms with Crippen molar-refractivity contribution in [3.63, 3.8) is 0 Å². The Morgan fingerprint density at radius 1 is 1.03 bits per heavy atom. The van der Waals surface area contributed by atoms with Gasteiger partial charge < -0.3 is 20.9 Å². The first-order chi connectivity index (χ1) is 14.9. The first-order valence-electron chi connectivity index (χ1n) is 10.4. The van der Waals surface area contributed by atoms with Crippen LogP contribution < -0.4 is 20.9 Å². The lowest BCUT2D eigenvalue weighted by Crippen LogP contribution is -2.36. The average molecular weight is 444 g/mol. The zero-order valence-electron chi connectivity index (χ0n) is 18.8. The molecule has 0 amide bonds. The molecule has 2 aromatic carbocycles. The molecule has 1 heterocycles. The van der Waals surface area contributed by atoms with Gasteiger partial charge in [-0.15, -0.1) is 0 Å². The summed E-state index contributed by atoms with van der Waals surface area (Å²) in [6, 6.07) is 16.2. The highest BCUT2D eigenvalue weighted by Gasteiger charge is 2.50. The van der Waals surface area contributed by atoms with Crippen molar-refractivity contribution in [3.05, 3.63) is 59.7 Å². The van der Waals surface area contributed by atoms with Crippen LogP contribution in [-0.4, -0.2) is 60.6 Å². The van der Waals surface area contributed by atoms with Crippen LogP contribution in [0.5, 0.6) is 11.5 Å². The van der Waals surface area contributed by atoms with Gasteiger partial charge in [-0.1, -0.05) is 12.1 Å². The number of methoxy groups -OCH3 is 1. The van der Waals surface area contributed by atoms with Gasteiger partial charge in [0.1, 0.15) is 11.5 Å². The molecule has 168 valence electrons. The quantitative estimate of drug-likeness (QED) is 0.240. The zero-order valence-corrected chi connectivity index (χ0v) is 19.8. The lowest BCUT2D eigenvalue weighted by atomic mass is 10.1. The number of rotatable bonds is 11. The molecule has 2 aromatic rings. The fraction of sp³-hybridized carbons (Fsp3) is 0.391. The normalized spacial score (nSPS) is 20.4. The molecule has 1 aliphatic heterocycles. The Balaban J connectivity index is 1.56. The molecule has 0 fully saturated rings. The van der Waals surface area contributed by atoms with Crippen LogP contribution in [0.4, 0.5) is 0 Å². The first kappa shape index (κ1) is 23.4. The second-order valence-corrected chi connectivity index (χ2v) is 10.9. The van der Waals surface area contributed by atoms with Crippen LogP contribution in [0.3, 0.4) is 0 Å². The summed E-state index contributed by atoms with van der Waals surface area (Å²) in [5.41, 5.74) is 13.6. The number of nitrogens with zero attached hydrogens (tertiary/aromatic N) is 3. The Bertz CT molecular complexity index is 926. The minimum absolute atomic E-state index is 0.256. The van der Waals surface area contributed by atoms with Crippen LogP contribution in [0.25, 0.3) is 0 Å². The number of ether oxygens (including phenoxy) is 2. The van der Waals surface area contributed by atoms with E-state index in [2.05, 4.69) is 35.9 Å². The van der Waals surface area contributed by atoms with Gasteiger partial charge in [-0.05, 0) is 73.1 Å². The van der Waals surface area contributed by atoms with E-state index in [4.69, 9.17) is 20.9 Å². The summed E-state index contributed by atoms with van der Waals surface area (Å²) >= 11 is 0. The molecule has 0 radical (unpaired) electrons. The van der Waals surface area contributed by atoms with E-state index in [1.54, 1.807) is 7.11 Å². The maximum atomic E-state index is 6.39. The Hall–Kier alpha value is -2.31. The van der Waals surface area contributed by atoms with Crippen molar-refractivity contribution in [2.45, 2.75) is 25.6 Å². The molecule has 8 heteroatoms. The molecule has 7 nitrogen and oxygen atoms in total.